The van der Waals surface area contributed by atoms with Crippen molar-refractivity contribution < 1.29 is 9.53 Å². The molecule has 0 aromatic heterocycles. The number of hydrogen-bond donors (Lipinski definition) is 1. The Bertz CT molecular complexity index is 687. The minimum Gasteiger partial charge on any atom is -0.497 e. The molecule has 0 fully saturated rings. The van der Waals surface area contributed by atoms with E-state index in [-0.39, 0.29) is 18.3 Å². The third-order valence-electron chi connectivity index (χ3n) is 5.90. The Balaban J connectivity index is 0.00000243. The van der Waals surface area contributed by atoms with Gasteiger partial charge < -0.3 is 15.0 Å². The summed E-state index contributed by atoms with van der Waals surface area (Å²) in [6.45, 7) is 6.14. The Kier molecular flexibility index (Phi) is 7.13. The van der Waals surface area contributed by atoms with Crippen LogP contribution in [0.5, 0.6) is 5.75 Å². The fourth-order valence-corrected chi connectivity index (χ4v) is 4.11. The quantitative estimate of drug-likeness (QED) is 0.849. The Morgan fingerprint density at radius 2 is 2.12 bits per heavy atom. The molecule has 26 heavy (non-hydrogen) atoms. The molecule has 4 nitrogen and oxygen atoms in total. The molecule has 144 valence electrons. The van der Waals surface area contributed by atoms with Crippen molar-refractivity contribution >= 4 is 23.9 Å². The van der Waals surface area contributed by atoms with Gasteiger partial charge in [-0.2, -0.15) is 0 Å². The summed E-state index contributed by atoms with van der Waals surface area (Å²) in [7, 11) is 3.83. The molecule has 1 aliphatic heterocycles. The van der Waals surface area contributed by atoms with Gasteiger partial charge in [0.05, 0.1) is 7.11 Å². The van der Waals surface area contributed by atoms with E-state index in [1.165, 1.54) is 16.7 Å². The van der Waals surface area contributed by atoms with Gasteiger partial charge in [-0.3, -0.25) is 4.79 Å². The number of halogens is 1. The molecule has 3 rings (SSSR count). The number of benzene rings is 1. The summed E-state index contributed by atoms with van der Waals surface area (Å²) >= 11 is 0. The highest BCUT2D eigenvalue weighted by molar-refractivity contribution is 6.02. The normalized spacial score (nSPS) is 20.5. The van der Waals surface area contributed by atoms with Crippen molar-refractivity contribution in [2.45, 2.75) is 45.6 Å². The molecule has 5 heteroatoms. The maximum absolute atomic E-state index is 12.8. The highest BCUT2D eigenvalue weighted by Gasteiger charge is 2.32. The Morgan fingerprint density at radius 1 is 1.35 bits per heavy atom. The van der Waals surface area contributed by atoms with Gasteiger partial charge in [0.2, 0.25) is 5.91 Å². The lowest BCUT2D eigenvalue weighted by atomic mass is 9.75. The summed E-state index contributed by atoms with van der Waals surface area (Å²) in [4.78, 5) is 15.1. The largest absolute Gasteiger partial charge is 0.497 e. The van der Waals surface area contributed by atoms with Crippen LogP contribution in [0.3, 0.4) is 0 Å². The number of amides is 1. The van der Waals surface area contributed by atoms with Crippen LogP contribution in [0.25, 0.3) is 5.57 Å². The van der Waals surface area contributed by atoms with E-state index in [0.717, 1.165) is 50.1 Å². The Hall–Kier alpha value is -1.52. The molecule has 2 atom stereocenters. The number of nitrogens with zero attached hydrogens (tertiary/aromatic N) is 1. The van der Waals surface area contributed by atoms with Gasteiger partial charge in [-0.15, -0.1) is 12.4 Å². The number of carbonyl (C=O) groups is 1. The zero-order chi connectivity index (χ0) is 18.0. The maximum Gasteiger partial charge on any atom is 0.247 e. The van der Waals surface area contributed by atoms with Crippen molar-refractivity contribution in [1.29, 1.82) is 0 Å². The number of ether oxygens (including phenoxy) is 1. The van der Waals surface area contributed by atoms with Gasteiger partial charge >= 0.3 is 0 Å². The second kappa shape index (κ2) is 8.92. The van der Waals surface area contributed by atoms with Gasteiger partial charge in [0.15, 0.2) is 0 Å². The van der Waals surface area contributed by atoms with Crippen LogP contribution in [-0.4, -0.2) is 44.1 Å². The molecular weight excluding hydrogens is 348 g/mol. The molecule has 0 saturated carbocycles. The van der Waals surface area contributed by atoms with E-state index in [4.69, 9.17) is 4.74 Å². The van der Waals surface area contributed by atoms with E-state index in [1.54, 1.807) is 7.11 Å². The van der Waals surface area contributed by atoms with Gasteiger partial charge in [-0.1, -0.05) is 13.0 Å². The first-order chi connectivity index (χ1) is 12.0. The molecule has 1 heterocycles. The molecule has 0 radical (unpaired) electrons. The van der Waals surface area contributed by atoms with Crippen LogP contribution in [-0.2, 0) is 11.2 Å². The second-order valence-electron chi connectivity index (χ2n) is 7.32. The lowest BCUT2D eigenvalue weighted by Crippen LogP contribution is -2.32. The lowest BCUT2D eigenvalue weighted by Gasteiger charge is -2.30. The molecule has 1 aromatic carbocycles. The summed E-state index contributed by atoms with van der Waals surface area (Å²) < 4.78 is 5.40. The average molecular weight is 379 g/mol. The molecular formula is C21H31ClN2O2. The number of aryl methyl sites for hydroxylation is 1. The first-order valence-electron chi connectivity index (χ1n) is 9.43. The second-order valence-corrected chi connectivity index (χ2v) is 7.32. The van der Waals surface area contributed by atoms with Gasteiger partial charge in [0, 0.05) is 18.2 Å². The van der Waals surface area contributed by atoms with Crippen LogP contribution < -0.4 is 10.1 Å². The SMILES string of the molecule is CCN(C)C(C)CC1=C2c3ccc(OC)cc3CCC2CCNC1=O.Cl. The minimum absolute atomic E-state index is 0. The monoisotopic (exact) mass is 378 g/mol. The number of rotatable bonds is 5. The van der Waals surface area contributed by atoms with E-state index < -0.39 is 0 Å². The van der Waals surface area contributed by atoms with Crippen molar-refractivity contribution in [3.05, 3.63) is 34.9 Å². The first-order valence-corrected chi connectivity index (χ1v) is 9.43. The van der Waals surface area contributed by atoms with Crippen LogP contribution in [0.2, 0.25) is 0 Å². The van der Waals surface area contributed by atoms with E-state index in [2.05, 4.69) is 43.2 Å². The Labute approximate surface area is 163 Å². The summed E-state index contributed by atoms with van der Waals surface area (Å²) in [6.07, 6.45) is 4.01. The molecule has 1 amide bonds. The molecule has 0 bridgehead atoms. The third kappa shape index (κ3) is 4.07. The summed E-state index contributed by atoms with van der Waals surface area (Å²) in [5.41, 5.74) is 4.85. The maximum atomic E-state index is 12.8. The van der Waals surface area contributed by atoms with Gasteiger partial charge in [0.1, 0.15) is 5.75 Å². The van der Waals surface area contributed by atoms with E-state index in [1.807, 2.05) is 6.07 Å². The van der Waals surface area contributed by atoms with E-state index >= 15 is 0 Å². The van der Waals surface area contributed by atoms with E-state index in [9.17, 15) is 4.79 Å². The predicted molar refractivity (Wildman–Crippen MR) is 109 cm³/mol. The number of hydrogen-bond acceptors (Lipinski definition) is 3. The van der Waals surface area contributed by atoms with Gasteiger partial charge in [0.25, 0.3) is 0 Å². The average Bonchev–Trinajstić information content (AvgIpc) is 2.79. The number of allylic oxidation sites excluding steroid dienone is 1. The van der Waals surface area contributed by atoms with E-state index in [0.29, 0.717) is 12.0 Å². The van der Waals surface area contributed by atoms with Crippen molar-refractivity contribution in [3.8, 4) is 5.75 Å². The molecule has 2 aliphatic rings. The Morgan fingerprint density at radius 3 is 2.81 bits per heavy atom. The zero-order valence-electron chi connectivity index (χ0n) is 16.3. The molecule has 0 saturated heterocycles. The van der Waals surface area contributed by atoms with Crippen molar-refractivity contribution in [1.82, 2.24) is 10.2 Å². The molecule has 2 unspecified atom stereocenters. The fraction of sp³-hybridized carbons (Fsp3) is 0.571. The van der Waals surface area contributed by atoms with Crippen LogP contribution in [0, 0.1) is 5.92 Å². The van der Waals surface area contributed by atoms with Crippen molar-refractivity contribution in [2.75, 3.05) is 27.2 Å². The smallest absolute Gasteiger partial charge is 0.247 e. The molecule has 1 aromatic rings. The first kappa shape index (κ1) is 20.8. The predicted octanol–water partition coefficient (Wildman–Crippen LogP) is 3.68. The van der Waals surface area contributed by atoms with Crippen LogP contribution in [0.4, 0.5) is 0 Å². The molecule has 0 spiro atoms. The summed E-state index contributed by atoms with van der Waals surface area (Å²) in [5, 5.41) is 3.13. The highest BCUT2D eigenvalue weighted by Crippen LogP contribution is 2.42. The summed E-state index contributed by atoms with van der Waals surface area (Å²) in [6, 6.07) is 6.67. The highest BCUT2D eigenvalue weighted by atomic mass is 35.5. The summed E-state index contributed by atoms with van der Waals surface area (Å²) in [5.74, 6) is 1.50. The van der Waals surface area contributed by atoms with Gasteiger partial charge in [-0.25, -0.2) is 0 Å². The standard InChI is InChI=1S/C21H30N2O2.ClH/c1-5-23(3)14(2)12-19-20-15(10-11-22-21(19)24)6-7-16-13-17(25-4)8-9-18(16)20;/h8-9,13-15H,5-7,10-12H2,1-4H3,(H,22,24);1H. The number of nitrogens with one attached hydrogen (secondary N) is 1. The number of carbonyl (C=O) groups excluding carboxylic acids is 1. The topological polar surface area (TPSA) is 41.6 Å². The van der Waals surface area contributed by atoms with Crippen LogP contribution >= 0.6 is 12.4 Å². The third-order valence-corrected chi connectivity index (χ3v) is 5.90. The lowest BCUT2D eigenvalue weighted by molar-refractivity contribution is -0.117. The molecule has 1 N–H and O–H groups in total. The molecule has 1 aliphatic carbocycles. The minimum atomic E-state index is 0. The van der Waals surface area contributed by atoms with Crippen LogP contribution in [0.15, 0.2) is 23.8 Å². The number of fused-ring (bicyclic) bond motifs is 3. The zero-order valence-corrected chi connectivity index (χ0v) is 17.1. The van der Waals surface area contributed by atoms with Crippen LogP contribution in [0.1, 0.15) is 44.2 Å². The van der Waals surface area contributed by atoms with Crippen molar-refractivity contribution in [2.24, 2.45) is 5.92 Å². The fourth-order valence-electron chi connectivity index (χ4n) is 4.11. The van der Waals surface area contributed by atoms with Crippen molar-refractivity contribution in [3.63, 3.8) is 0 Å². The van der Waals surface area contributed by atoms with Gasteiger partial charge in [-0.05, 0) is 81.0 Å². The number of methoxy groups -OCH3 is 1.